The molecule has 0 aliphatic rings. The van der Waals surface area contributed by atoms with Gasteiger partial charge in [-0.2, -0.15) is 4.98 Å². The van der Waals surface area contributed by atoms with Crippen LogP contribution in [0, 0.1) is 6.92 Å². The minimum absolute atomic E-state index is 0.228. The fourth-order valence-corrected chi connectivity index (χ4v) is 1.96. The van der Waals surface area contributed by atoms with Gasteiger partial charge in [0.2, 0.25) is 11.8 Å². The smallest absolute Gasteiger partial charge is 0.226 e. The average Bonchev–Trinajstić information content (AvgIpc) is 2.45. The molecule has 0 unspecified atom stereocenters. The molecule has 2 rings (SSSR count). The molecule has 0 aliphatic carbocycles. The molecule has 0 spiro atoms. The maximum atomic E-state index is 5.70. The number of aromatic nitrogens is 2. The molecule has 0 saturated carbocycles. The van der Waals surface area contributed by atoms with E-state index in [2.05, 4.69) is 9.97 Å². The number of methoxy groups -OCH3 is 1. The van der Waals surface area contributed by atoms with Crippen LogP contribution < -0.4 is 15.2 Å². The zero-order valence-corrected chi connectivity index (χ0v) is 12.0. The summed E-state index contributed by atoms with van der Waals surface area (Å²) in [6, 6.07) is 7.71. The van der Waals surface area contributed by atoms with Crippen LogP contribution in [0.4, 0.5) is 5.95 Å². The Morgan fingerprint density at radius 3 is 2.45 bits per heavy atom. The molecule has 0 fully saturated rings. The highest BCUT2D eigenvalue weighted by Crippen LogP contribution is 2.32. The Morgan fingerprint density at radius 1 is 1.15 bits per heavy atom. The lowest BCUT2D eigenvalue weighted by Crippen LogP contribution is -2.05. The first-order chi connectivity index (χ1) is 9.65. The van der Waals surface area contributed by atoms with E-state index in [0.29, 0.717) is 12.5 Å². The number of nitrogen functional groups attached to an aromatic ring is 1. The van der Waals surface area contributed by atoms with E-state index in [9.17, 15) is 0 Å². The second kappa shape index (κ2) is 6.23. The number of hydrogen-bond acceptors (Lipinski definition) is 5. The summed E-state index contributed by atoms with van der Waals surface area (Å²) in [6.45, 7) is 4.54. The van der Waals surface area contributed by atoms with Gasteiger partial charge in [-0.25, -0.2) is 4.98 Å². The number of hydrogen-bond donors (Lipinski definition) is 1. The molecule has 2 aromatic rings. The summed E-state index contributed by atoms with van der Waals surface area (Å²) < 4.78 is 10.9. The molecular weight excluding hydrogens is 254 g/mol. The molecular formula is C15H19N3O2. The number of rotatable bonds is 5. The second-order valence-electron chi connectivity index (χ2n) is 4.42. The van der Waals surface area contributed by atoms with Crippen LogP contribution in [0.1, 0.15) is 19.0 Å². The standard InChI is InChI=1S/C15H19N3O2/c1-4-9-20-14-13(10(2)17-15(16)18-14)11-5-7-12(19-3)8-6-11/h5-8H,4,9H2,1-3H3,(H2,16,17,18). The van der Waals surface area contributed by atoms with Crippen molar-refractivity contribution in [2.75, 3.05) is 19.5 Å². The van der Waals surface area contributed by atoms with Gasteiger partial charge < -0.3 is 15.2 Å². The SMILES string of the molecule is CCCOc1nc(N)nc(C)c1-c1ccc(OC)cc1. The molecule has 1 heterocycles. The molecule has 0 saturated heterocycles. The van der Waals surface area contributed by atoms with E-state index < -0.39 is 0 Å². The van der Waals surface area contributed by atoms with E-state index in [1.165, 1.54) is 0 Å². The number of nitrogens with zero attached hydrogens (tertiary/aromatic N) is 2. The van der Waals surface area contributed by atoms with Gasteiger partial charge in [0.1, 0.15) is 5.75 Å². The van der Waals surface area contributed by atoms with E-state index in [1.807, 2.05) is 38.1 Å². The molecule has 106 valence electrons. The normalized spacial score (nSPS) is 10.3. The molecule has 0 radical (unpaired) electrons. The number of anilines is 1. The molecule has 0 aliphatic heterocycles. The minimum atomic E-state index is 0.228. The first kappa shape index (κ1) is 14.1. The van der Waals surface area contributed by atoms with Crippen LogP contribution in [0.2, 0.25) is 0 Å². The van der Waals surface area contributed by atoms with Gasteiger partial charge in [-0.1, -0.05) is 19.1 Å². The third-order valence-electron chi connectivity index (χ3n) is 2.90. The Hall–Kier alpha value is -2.30. The van der Waals surface area contributed by atoms with Gasteiger partial charge >= 0.3 is 0 Å². The summed E-state index contributed by atoms with van der Waals surface area (Å²) >= 11 is 0. The van der Waals surface area contributed by atoms with Crippen molar-refractivity contribution in [3.63, 3.8) is 0 Å². The molecule has 20 heavy (non-hydrogen) atoms. The van der Waals surface area contributed by atoms with E-state index in [4.69, 9.17) is 15.2 Å². The van der Waals surface area contributed by atoms with Crippen molar-refractivity contribution in [1.82, 2.24) is 9.97 Å². The van der Waals surface area contributed by atoms with Crippen molar-refractivity contribution < 1.29 is 9.47 Å². The van der Waals surface area contributed by atoms with Gasteiger partial charge in [0.15, 0.2) is 0 Å². The van der Waals surface area contributed by atoms with Crippen molar-refractivity contribution in [2.45, 2.75) is 20.3 Å². The maximum Gasteiger partial charge on any atom is 0.226 e. The molecule has 0 atom stereocenters. The Kier molecular flexibility index (Phi) is 4.40. The third kappa shape index (κ3) is 2.99. The largest absolute Gasteiger partial charge is 0.497 e. The topological polar surface area (TPSA) is 70.3 Å². The van der Waals surface area contributed by atoms with Gasteiger partial charge in [-0.3, -0.25) is 0 Å². The van der Waals surface area contributed by atoms with Gasteiger partial charge in [-0.05, 0) is 31.0 Å². The monoisotopic (exact) mass is 273 g/mol. The molecule has 5 nitrogen and oxygen atoms in total. The summed E-state index contributed by atoms with van der Waals surface area (Å²) in [6.07, 6.45) is 0.908. The van der Waals surface area contributed by atoms with E-state index in [0.717, 1.165) is 29.0 Å². The summed E-state index contributed by atoms with van der Waals surface area (Å²) in [5.41, 5.74) is 8.35. The number of nitrogens with two attached hydrogens (primary N) is 1. The Labute approximate surface area is 118 Å². The molecule has 0 bridgehead atoms. The van der Waals surface area contributed by atoms with Crippen molar-refractivity contribution in [3.05, 3.63) is 30.0 Å². The lowest BCUT2D eigenvalue weighted by molar-refractivity contribution is 0.306. The average molecular weight is 273 g/mol. The lowest BCUT2D eigenvalue weighted by atomic mass is 10.1. The Balaban J connectivity index is 2.46. The minimum Gasteiger partial charge on any atom is -0.497 e. The van der Waals surface area contributed by atoms with Gasteiger partial charge in [0.25, 0.3) is 0 Å². The van der Waals surface area contributed by atoms with Crippen molar-refractivity contribution in [3.8, 4) is 22.8 Å². The molecule has 5 heteroatoms. The highest BCUT2D eigenvalue weighted by Gasteiger charge is 2.14. The van der Waals surface area contributed by atoms with Crippen molar-refractivity contribution in [1.29, 1.82) is 0 Å². The first-order valence-corrected chi connectivity index (χ1v) is 6.57. The van der Waals surface area contributed by atoms with Crippen LogP contribution in [0.3, 0.4) is 0 Å². The van der Waals surface area contributed by atoms with Crippen molar-refractivity contribution >= 4 is 5.95 Å². The van der Waals surface area contributed by atoms with Crippen LogP contribution >= 0.6 is 0 Å². The lowest BCUT2D eigenvalue weighted by Gasteiger charge is -2.13. The fraction of sp³-hybridized carbons (Fsp3) is 0.333. The Morgan fingerprint density at radius 2 is 1.85 bits per heavy atom. The van der Waals surface area contributed by atoms with Crippen LogP contribution in [0.15, 0.2) is 24.3 Å². The highest BCUT2D eigenvalue weighted by atomic mass is 16.5. The molecule has 1 aromatic heterocycles. The first-order valence-electron chi connectivity index (χ1n) is 6.57. The van der Waals surface area contributed by atoms with Crippen molar-refractivity contribution in [2.24, 2.45) is 0 Å². The number of aryl methyl sites for hydroxylation is 1. The number of ether oxygens (including phenoxy) is 2. The maximum absolute atomic E-state index is 5.70. The Bertz CT molecular complexity index is 582. The van der Waals surface area contributed by atoms with Gasteiger partial charge in [0, 0.05) is 0 Å². The molecule has 0 amide bonds. The van der Waals surface area contributed by atoms with E-state index in [-0.39, 0.29) is 5.95 Å². The van der Waals surface area contributed by atoms with Crippen LogP contribution in [-0.2, 0) is 0 Å². The molecule has 1 aromatic carbocycles. The van der Waals surface area contributed by atoms with E-state index in [1.54, 1.807) is 7.11 Å². The second-order valence-corrected chi connectivity index (χ2v) is 4.42. The van der Waals surface area contributed by atoms with Gasteiger partial charge in [-0.15, -0.1) is 0 Å². The van der Waals surface area contributed by atoms with Gasteiger partial charge in [0.05, 0.1) is 25.0 Å². The summed E-state index contributed by atoms with van der Waals surface area (Å²) in [5, 5.41) is 0. The molecule has 2 N–H and O–H groups in total. The van der Waals surface area contributed by atoms with Crippen LogP contribution in [-0.4, -0.2) is 23.7 Å². The zero-order valence-electron chi connectivity index (χ0n) is 12.0. The predicted octanol–water partition coefficient (Wildman–Crippen LogP) is 2.83. The quantitative estimate of drug-likeness (QED) is 0.907. The summed E-state index contributed by atoms with van der Waals surface area (Å²) in [4.78, 5) is 8.42. The zero-order chi connectivity index (χ0) is 14.5. The van der Waals surface area contributed by atoms with E-state index >= 15 is 0 Å². The summed E-state index contributed by atoms with van der Waals surface area (Å²) in [7, 11) is 1.64. The highest BCUT2D eigenvalue weighted by molar-refractivity contribution is 5.72. The fourth-order valence-electron chi connectivity index (χ4n) is 1.96. The predicted molar refractivity (Wildman–Crippen MR) is 79.0 cm³/mol. The van der Waals surface area contributed by atoms with Crippen LogP contribution in [0.5, 0.6) is 11.6 Å². The summed E-state index contributed by atoms with van der Waals surface area (Å²) in [5.74, 6) is 1.56. The van der Waals surface area contributed by atoms with Crippen LogP contribution in [0.25, 0.3) is 11.1 Å². The number of benzene rings is 1. The third-order valence-corrected chi connectivity index (χ3v) is 2.90.